The average molecular weight is 717 g/mol. The average Bonchev–Trinajstić information content (AvgIpc) is 3.69. The summed E-state index contributed by atoms with van der Waals surface area (Å²) in [6, 6.07) is 17.1. The number of aromatic nitrogens is 1. The third-order valence-corrected chi connectivity index (χ3v) is 9.61. The van der Waals surface area contributed by atoms with E-state index in [1.165, 1.54) is 44.5 Å². The number of nitriles is 1. The Morgan fingerprint density at radius 3 is 2.31 bits per heavy atom. The Bertz CT molecular complexity index is 2480. The maximum Gasteiger partial charge on any atom is 0.255 e. The monoisotopic (exact) mass is 716 g/mol. The van der Waals surface area contributed by atoms with Crippen molar-refractivity contribution in [2.45, 2.75) is 20.3 Å². The van der Waals surface area contributed by atoms with Crippen LogP contribution in [0.3, 0.4) is 0 Å². The molecule has 0 aliphatic carbocycles. The van der Waals surface area contributed by atoms with Crippen molar-refractivity contribution in [1.29, 1.82) is 5.26 Å². The van der Waals surface area contributed by atoms with Gasteiger partial charge >= 0.3 is 0 Å². The molecule has 0 fully saturated rings. The molecular weight excluding hydrogens is 685 g/mol. The van der Waals surface area contributed by atoms with Gasteiger partial charge in [-0.05, 0) is 68.3 Å². The molecule has 10 nitrogen and oxygen atoms in total. The highest BCUT2D eigenvalue weighted by atomic mass is 32.2. The second-order valence-corrected chi connectivity index (χ2v) is 14.4. The molecule has 14 heteroatoms. The number of ether oxygens (including phenoxy) is 1. The van der Waals surface area contributed by atoms with Gasteiger partial charge in [-0.1, -0.05) is 6.07 Å². The predicted octanol–water partition coefficient (Wildman–Crippen LogP) is 8.07. The van der Waals surface area contributed by atoms with Crippen molar-refractivity contribution < 1.29 is 40.0 Å². The van der Waals surface area contributed by atoms with Crippen molar-refractivity contribution >= 4 is 43.7 Å². The van der Waals surface area contributed by atoms with E-state index in [4.69, 9.17) is 13.6 Å². The molecule has 51 heavy (non-hydrogen) atoms. The molecule has 0 aliphatic heterocycles. The number of amides is 1. The number of rotatable bonds is 10. The largest absolute Gasteiger partial charge is 0.496 e. The molecule has 2 heterocycles. The van der Waals surface area contributed by atoms with Gasteiger partial charge in [0, 0.05) is 48.3 Å². The second-order valence-electron chi connectivity index (χ2n) is 12.5. The number of benzene rings is 4. The molecule has 6 rings (SSSR count). The fourth-order valence-electron chi connectivity index (χ4n) is 5.74. The second kappa shape index (κ2) is 13.1. The zero-order chi connectivity index (χ0) is 36.8. The molecule has 0 atom stereocenters. The van der Waals surface area contributed by atoms with Crippen molar-refractivity contribution in [3.05, 3.63) is 89.7 Å². The van der Waals surface area contributed by atoms with Gasteiger partial charge in [-0.2, -0.15) is 5.26 Å². The Morgan fingerprint density at radius 2 is 1.67 bits per heavy atom. The highest BCUT2D eigenvalue weighted by molar-refractivity contribution is 7.92. The van der Waals surface area contributed by atoms with E-state index < -0.39 is 38.8 Å². The van der Waals surface area contributed by atoms with E-state index in [0.717, 1.165) is 16.6 Å². The lowest BCUT2D eigenvalue weighted by Crippen LogP contribution is -2.33. The van der Waals surface area contributed by atoms with Crippen molar-refractivity contribution in [2.75, 3.05) is 31.3 Å². The van der Waals surface area contributed by atoms with Crippen LogP contribution in [0.5, 0.6) is 5.75 Å². The van der Waals surface area contributed by atoms with Crippen LogP contribution >= 0.6 is 0 Å². The molecular formula is C37H31F3N4O6S. The predicted molar refractivity (Wildman–Crippen MR) is 186 cm³/mol. The van der Waals surface area contributed by atoms with Crippen molar-refractivity contribution in [2.24, 2.45) is 5.41 Å². The van der Waals surface area contributed by atoms with Gasteiger partial charge in [-0.15, -0.1) is 0 Å². The Morgan fingerprint density at radius 1 is 0.961 bits per heavy atom. The molecule has 1 amide bonds. The number of nitrogens with one attached hydrogen (secondary N) is 1. The molecule has 262 valence electrons. The molecule has 0 spiro atoms. The Labute approximate surface area is 291 Å². The van der Waals surface area contributed by atoms with Crippen molar-refractivity contribution in [3.8, 4) is 45.7 Å². The van der Waals surface area contributed by atoms with E-state index in [-0.39, 0.29) is 63.9 Å². The van der Waals surface area contributed by atoms with Gasteiger partial charge in [-0.25, -0.2) is 26.6 Å². The van der Waals surface area contributed by atoms with Gasteiger partial charge in [0.1, 0.15) is 34.2 Å². The number of oxazole rings is 1. The number of sulfonamides is 1. The van der Waals surface area contributed by atoms with Crippen LogP contribution in [-0.2, 0) is 10.0 Å². The number of halogens is 3. The molecule has 4 aromatic carbocycles. The number of methoxy groups -OCH3 is 1. The zero-order valence-electron chi connectivity index (χ0n) is 28.1. The van der Waals surface area contributed by atoms with E-state index >= 15 is 0 Å². The summed E-state index contributed by atoms with van der Waals surface area (Å²) in [7, 11) is -1.16. The summed E-state index contributed by atoms with van der Waals surface area (Å²) in [5.74, 6) is -2.50. The maximum atomic E-state index is 14.6. The third-order valence-electron chi connectivity index (χ3n) is 8.43. The Hall–Kier alpha value is -5.81. The van der Waals surface area contributed by atoms with Crippen LogP contribution in [0.4, 0.5) is 18.9 Å². The van der Waals surface area contributed by atoms with E-state index in [1.807, 2.05) is 0 Å². The molecule has 0 saturated carbocycles. The van der Waals surface area contributed by atoms with Gasteiger partial charge in [0.05, 0.1) is 41.7 Å². The SMILES string of the molecule is CNC(=O)c1c(-c2ccc(F)cc2)oc2cc(N(CCC(C)(C)C#N)S(C)(=O)=O)c(-c3ccc(OC)c(-c4nc5c(F)cc(F)cc5o4)c3)cc12. The van der Waals surface area contributed by atoms with Gasteiger partial charge in [-0.3, -0.25) is 9.10 Å². The lowest BCUT2D eigenvalue weighted by Gasteiger charge is -2.27. The minimum absolute atomic E-state index is 0.0925. The zero-order valence-corrected chi connectivity index (χ0v) is 28.9. The maximum absolute atomic E-state index is 14.6. The van der Waals surface area contributed by atoms with Crippen LogP contribution in [-0.4, -0.2) is 46.3 Å². The standard InChI is InChI=1S/C37H31F3N4O6S/c1-37(2,19-41)12-13-44(51(5,46)47)28-18-30-25(32(35(45)42-3)34(49-30)20-6-9-22(38)10-7-20)17-24(28)21-8-11-29(48-4)26(14-21)36-43-33-27(40)15-23(39)16-31(33)50-36/h6-11,14-18H,12-13H2,1-5H3,(H,42,45). The minimum Gasteiger partial charge on any atom is -0.496 e. The molecule has 1 N–H and O–H groups in total. The summed E-state index contributed by atoms with van der Waals surface area (Å²) in [5.41, 5.74) is 0.565. The van der Waals surface area contributed by atoms with Crippen LogP contribution in [0, 0.1) is 34.2 Å². The fraction of sp³-hybridized carbons (Fsp3) is 0.216. The number of anilines is 1. The van der Waals surface area contributed by atoms with Crippen molar-refractivity contribution in [1.82, 2.24) is 10.3 Å². The lowest BCUT2D eigenvalue weighted by molar-refractivity contribution is 0.0964. The molecule has 0 unspecified atom stereocenters. The first-order valence-corrected chi connectivity index (χ1v) is 17.4. The lowest BCUT2D eigenvalue weighted by atomic mass is 9.91. The number of hydrogen-bond donors (Lipinski definition) is 1. The van der Waals surface area contributed by atoms with Gasteiger partial charge in [0.25, 0.3) is 5.91 Å². The summed E-state index contributed by atoms with van der Waals surface area (Å²) in [4.78, 5) is 17.7. The van der Waals surface area contributed by atoms with Gasteiger partial charge in [0.15, 0.2) is 11.4 Å². The first-order chi connectivity index (χ1) is 24.1. The normalized spacial score (nSPS) is 11.9. The van der Waals surface area contributed by atoms with Gasteiger partial charge < -0.3 is 18.9 Å². The fourth-order valence-corrected chi connectivity index (χ4v) is 6.67. The summed E-state index contributed by atoms with van der Waals surface area (Å²) in [5, 5.41) is 12.6. The Balaban J connectivity index is 1.66. The summed E-state index contributed by atoms with van der Waals surface area (Å²) >= 11 is 0. The third kappa shape index (κ3) is 6.72. The highest BCUT2D eigenvalue weighted by Crippen LogP contribution is 2.44. The number of carbonyl (C=O) groups is 1. The van der Waals surface area contributed by atoms with Crippen LogP contribution in [0.2, 0.25) is 0 Å². The molecule has 6 aromatic rings. The van der Waals surface area contributed by atoms with Crippen molar-refractivity contribution in [3.63, 3.8) is 0 Å². The van der Waals surface area contributed by atoms with E-state index in [1.54, 1.807) is 38.1 Å². The molecule has 0 bridgehead atoms. The van der Waals surface area contributed by atoms with Crippen LogP contribution in [0.25, 0.3) is 56.0 Å². The summed E-state index contributed by atoms with van der Waals surface area (Å²) < 4.78 is 88.2. The van der Waals surface area contributed by atoms with E-state index in [2.05, 4.69) is 16.4 Å². The number of hydrogen-bond acceptors (Lipinski definition) is 8. The van der Waals surface area contributed by atoms with Crippen LogP contribution < -0.4 is 14.4 Å². The molecule has 0 aliphatic rings. The molecule has 0 saturated heterocycles. The summed E-state index contributed by atoms with van der Waals surface area (Å²) in [6.45, 7) is 3.30. The first-order valence-electron chi connectivity index (χ1n) is 15.6. The van der Waals surface area contributed by atoms with Gasteiger partial charge in [0.2, 0.25) is 15.9 Å². The van der Waals surface area contributed by atoms with E-state index in [9.17, 15) is 31.6 Å². The number of fused-ring (bicyclic) bond motifs is 2. The number of carbonyl (C=O) groups excluding carboxylic acids is 1. The quantitative estimate of drug-likeness (QED) is 0.150. The minimum atomic E-state index is -4.00. The highest BCUT2D eigenvalue weighted by Gasteiger charge is 2.30. The topological polar surface area (TPSA) is 139 Å². The first kappa shape index (κ1) is 35.0. The molecule has 2 aromatic heterocycles. The molecule has 0 radical (unpaired) electrons. The van der Waals surface area contributed by atoms with Crippen LogP contribution in [0.15, 0.2) is 75.6 Å². The number of furan rings is 1. The number of nitrogens with zero attached hydrogens (tertiary/aromatic N) is 3. The van der Waals surface area contributed by atoms with Crippen LogP contribution in [0.1, 0.15) is 30.6 Å². The van der Waals surface area contributed by atoms with E-state index in [0.29, 0.717) is 28.1 Å². The Kier molecular flexibility index (Phi) is 9.03. The summed E-state index contributed by atoms with van der Waals surface area (Å²) in [6.07, 6.45) is 1.20. The smallest absolute Gasteiger partial charge is 0.255 e.